The molecule has 0 spiro atoms. The van der Waals surface area contributed by atoms with Crippen LogP contribution >= 0.6 is 27.5 Å². The van der Waals surface area contributed by atoms with Gasteiger partial charge in [-0.3, -0.25) is 9.69 Å². The van der Waals surface area contributed by atoms with Gasteiger partial charge in [0.2, 0.25) is 0 Å². The second-order valence-corrected chi connectivity index (χ2v) is 10.6. The molecule has 3 aromatic rings. The minimum Gasteiger partial charge on any atom is -0.492 e. The first-order valence-corrected chi connectivity index (χ1v) is 14.6. The van der Waals surface area contributed by atoms with E-state index in [0.29, 0.717) is 35.3 Å². The van der Waals surface area contributed by atoms with Gasteiger partial charge < -0.3 is 4.74 Å². The van der Waals surface area contributed by atoms with Crippen molar-refractivity contribution in [3.8, 4) is 5.75 Å². The standard InChI is InChI=1S/C32H29BrClN3O2/c33-17-9-1-2-10-18-39-30-16-15-24(19-26(30)34)21-28-32(38)37-22-29(25-13-7-4-8-14-25)35-27(31(37)36-28)20-23-11-5-3-6-12-23/h3-8,11-16,19,21-22H,1-2,9-10,17-18,20H2/b28-21-. The minimum absolute atomic E-state index is 0.196. The van der Waals surface area contributed by atoms with Gasteiger partial charge in [0.15, 0.2) is 5.84 Å². The number of benzene rings is 3. The number of fused-ring (bicyclic) bond motifs is 1. The fourth-order valence-corrected chi connectivity index (χ4v) is 5.11. The summed E-state index contributed by atoms with van der Waals surface area (Å²) in [5, 5.41) is 1.55. The van der Waals surface area contributed by atoms with E-state index in [0.717, 1.165) is 46.3 Å². The second kappa shape index (κ2) is 13.0. The van der Waals surface area contributed by atoms with Crippen LogP contribution in [-0.4, -0.2) is 34.3 Å². The summed E-state index contributed by atoms with van der Waals surface area (Å²) in [5.74, 6) is 1.01. The number of amides is 1. The Kier molecular flexibility index (Phi) is 9.07. The predicted octanol–water partition coefficient (Wildman–Crippen LogP) is 7.95. The molecule has 7 heteroatoms. The van der Waals surface area contributed by atoms with E-state index in [1.165, 1.54) is 12.8 Å². The van der Waals surface area contributed by atoms with Crippen LogP contribution in [0.5, 0.6) is 5.75 Å². The number of nitrogens with zero attached hydrogens (tertiary/aromatic N) is 3. The molecule has 2 aliphatic heterocycles. The number of aliphatic imine (C=N–C) groups is 2. The van der Waals surface area contributed by atoms with Crippen molar-refractivity contribution in [2.75, 3.05) is 11.9 Å². The van der Waals surface area contributed by atoms with Crippen molar-refractivity contribution in [2.24, 2.45) is 9.98 Å². The molecule has 2 aliphatic rings. The predicted molar refractivity (Wildman–Crippen MR) is 163 cm³/mol. The number of hydrogen-bond acceptors (Lipinski definition) is 4. The van der Waals surface area contributed by atoms with Crippen LogP contribution in [0.4, 0.5) is 0 Å². The zero-order valence-corrected chi connectivity index (χ0v) is 23.9. The van der Waals surface area contributed by atoms with Gasteiger partial charge in [0.25, 0.3) is 5.91 Å². The third kappa shape index (κ3) is 6.75. The molecule has 0 saturated heterocycles. The molecule has 0 aromatic heterocycles. The third-order valence-corrected chi connectivity index (χ3v) is 7.34. The van der Waals surface area contributed by atoms with E-state index >= 15 is 0 Å². The second-order valence-electron chi connectivity index (χ2n) is 9.38. The fraction of sp³-hybridized carbons (Fsp3) is 0.219. The van der Waals surface area contributed by atoms with Crippen LogP contribution < -0.4 is 4.74 Å². The molecule has 0 unspecified atom stereocenters. The highest BCUT2D eigenvalue weighted by Gasteiger charge is 2.35. The van der Waals surface area contributed by atoms with Gasteiger partial charge in [-0.2, -0.15) is 0 Å². The molecule has 0 N–H and O–H groups in total. The Labute approximate surface area is 242 Å². The topological polar surface area (TPSA) is 54.3 Å². The molecule has 0 fully saturated rings. The van der Waals surface area contributed by atoms with Crippen LogP contribution in [0, 0.1) is 0 Å². The highest BCUT2D eigenvalue weighted by atomic mass is 79.9. The maximum atomic E-state index is 13.5. The van der Waals surface area contributed by atoms with Crippen LogP contribution in [-0.2, 0) is 11.2 Å². The molecule has 0 radical (unpaired) electrons. The van der Waals surface area contributed by atoms with Crippen LogP contribution in [0.2, 0.25) is 5.02 Å². The van der Waals surface area contributed by atoms with Crippen LogP contribution in [0.25, 0.3) is 11.8 Å². The van der Waals surface area contributed by atoms with Gasteiger partial charge in [-0.1, -0.05) is 107 Å². The summed E-state index contributed by atoms with van der Waals surface area (Å²) in [6, 6.07) is 25.5. The van der Waals surface area contributed by atoms with Crippen molar-refractivity contribution in [1.29, 1.82) is 0 Å². The zero-order chi connectivity index (χ0) is 27.0. The van der Waals surface area contributed by atoms with Crippen molar-refractivity contribution in [3.05, 3.63) is 112 Å². The number of ether oxygens (including phenoxy) is 1. The Balaban J connectivity index is 1.37. The molecule has 1 amide bonds. The van der Waals surface area contributed by atoms with Crippen LogP contribution in [0.3, 0.4) is 0 Å². The average molecular weight is 603 g/mol. The lowest BCUT2D eigenvalue weighted by atomic mass is 10.1. The summed E-state index contributed by atoms with van der Waals surface area (Å²) in [5.41, 5.74) is 4.64. The monoisotopic (exact) mass is 601 g/mol. The Hall–Kier alpha value is -3.48. The molecule has 3 aromatic carbocycles. The summed E-state index contributed by atoms with van der Waals surface area (Å²) in [7, 11) is 0. The van der Waals surface area contributed by atoms with Gasteiger partial charge in [0.1, 0.15) is 11.4 Å². The lowest BCUT2D eigenvalue weighted by molar-refractivity contribution is -0.120. The van der Waals surface area contributed by atoms with Gasteiger partial charge in [-0.15, -0.1) is 0 Å². The van der Waals surface area contributed by atoms with E-state index in [1.54, 1.807) is 17.2 Å². The summed E-state index contributed by atoms with van der Waals surface area (Å²) >= 11 is 9.97. The molecule has 2 heterocycles. The Morgan fingerprint density at radius 2 is 1.64 bits per heavy atom. The summed E-state index contributed by atoms with van der Waals surface area (Å²) in [6.07, 6.45) is 8.57. The quantitative estimate of drug-likeness (QED) is 0.127. The molecule has 5 nitrogen and oxygen atoms in total. The first kappa shape index (κ1) is 27.1. The first-order chi connectivity index (χ1) is 19.1. The third-order valence-electron chi connectivity index (χ3n) is 6.49. The van der Waals surface area contributed by atoms with E-state index in [2.05, 4.69) is 28.1 Å². The van der Waals surface area contributed by atoms with Gasteiger partial charge in [0, 0.05) is 23.5 Å². The highest BCUT2D eigenvalue weighted by Crippen LogP contribution is 2.31. The number of amidine groups is 1. The number of rotatable bonds is 11. The summed E-state index contributed by atoms with van der Waals surface area (Å²) < 4.78 is 5.87. The largest absolute Gasteiger partial charge is 0.492 e. The molecular formula is C32H29BrClN3O2. The smallest absolute Gasteiger partial charge is 0.282 e. The van der Waals surface area contributed by atoms with E-state index in [9.17, 15) is 4.79 Å². The lowest BCUT2D eigenvalue weighted by Crippen LogP contribution is -2.36. The molecule has 39 heavy (non-hydrogen) atoms. The fourth-order valence-electron chi connectivity index (χ4n) is 4.47. The lowest BCUT2D eigenvalue weighted by Gasteiger charge is -2.21. The summed E-state index contributed by atoms with van der Waals surface area (Å²) in [4.78, 5) is 24.8. The molecule has 0 aliphatic carbocycles. The Bertz CT molecular complexity index is 1450. The molecule has 198 valence electrons. The number of hydrogen-bond donors (Lipinski definition) is 0. The maximum absolute atomic E-state index is 13.5. The van der Waals surface area contributed by atoms with Crippen LogP contribution in [0.15, 0.2) is 101 Å². The molecule has 5 rings (SSSR count). The normalized spacial score (nSPS) is 15.6. The Morgan fingerprint density at radius 1 is 0.897 bits per heavy atom. The van der Waals surface area contributed by atoms with Gasteiger partial charge in [0.05, 0.1) is 23.0 Å². The van der Waals surface area contributed by atoms with E-state index in [4.69, 9.17) is 26.3 Å². The molecule has 0 bridgehead atoms. The number of alkyl halides is 1. The first-order valence-electron chi connectivity index (χ1n) is 13.1. The van der Waals surface area contributed by atoms with Crippen molar-refractivity contribution in [2.45, 2.75) is 32.1 Å². The number of unbranched alkanes of at least 4 members (excludes halogenated alkanes) is 3. The van der Waals surface area contributed by atoms with E-state index in [1.807, 2.05) is 66.7 Å². The molecular weight excluding hydrogens is 574 g/mol. The molecule has 0 atom stereocenters. The Morgan fingerprint density at radius 3 is 2.38 bits per heavy atom. The van der Waals surface area contributed by atoms with Crippen molar-refractivity contribution >= 4 is 56.8 Å². The number of halogens is 2. The highest BCUT2D eigenvalue weighted by molar-refractivity contribution is 9.09. The van der Waals surface area contributed by atoms with Crippen molar-refractivity contribution in [1.82, 2.24) is 4.90 Å². The zero-order valence-electron chi connectivity index (χ0n) is 21.5. The van der Waals surface area contributed by atoms with Gasteiger partial charge in [-0.25, -0.2) is 9.98 Å². The number of carbonyl (C=O) groups excluding carboxylic acids is 1. The van der Waals surface area contributed by atoms with E-state index in [-0.39, 0.29) is 5.91 Å². The SMILES string of the molecule is O=C1/C(=C/c2ccc(OCCCCCCBr)c(Cl)c2)N=C2C(Cc3ccccc3)=NC(c3ccccc3)=CN12. The van der Waals surface area contributed by atoms with Crippen LogP contribution in [0.1, 0.15) is 42.4 Å². The molecule has 0 saturated carbocycles. The van der Waals surface area contributed by atoms with E-state index < -0.39 is 0 Å². The van der Waals surface area contributed by atoms with Gasteiger partial charge >= 0.3 is 0 Å². The van der Waals surface area contributed by atoms with Crippen molar-refractivity contribution in [3.63, 3.8) is 0 Å². The minimum atomic E-state index is -0.196. The number of carbonyl (C=O) groups is 1. The average Bonchev–Trinajstić information content (AvgIpc) is 3.27. The van der Waals surface area contributed by atoms with Gasteiger partial charge in [-0.05, 0) is 42.2 Å². The summed E-state index contributed by atoms with van der Waals surface area (Å²) in [6.45, 7) is 0.628. The maximum Gasteiger partial charge on any atom is 0.282 e. The van der Waals surface area contributed by atoms with Crippen molar-refractivity contribution < 1.29 is 9.53 Å².